The second-order valence-corrected chi connectivity index (χ2v) is 5.84. The van der Waals surface area contributed by atoms with E-state index in [1.54, 1.807) is 6.08 Å². The molecule has 0 heterocycles. The molecule has 0 aliphatic rings. The van der Waals surface area contributed by atoms with Crippen molar-refractivity contribution in [2.75, 3.05) is 0 Å². The number of allylic oxidation sites excluding steroid dienone is 2. The minimum absolute atomic E-state index is 0.0438. The second-order valence-electron chi connectivity index (χ2n) is 5.84. The van der Waals surface area contributed by atoms with Gasteiger partial charge in [0, 0.05) is 5.56 Å². The van der Waals surface area contributed by atoms with E-state index in [1.807, 2.05) is 19.9 Å². The normalized spacial score (nSPS) is 12.1. The lowest BCUT2D eigenvalue weighted by molar-refractivity contribution is 0.104. The van der Waals surface area contributed by atoms with Crippen LogP contribution < -0.4 is 0 Å². The van der Waals surface area contributed by atoms with Crippen LogP contribution >= 0.6 is 0 Å². The van der Waals surface area contributed by atoms with Crippen LogP contribution in [0.3, 0.4) is 0 Å². The van der Waals surface area contributed by atoms with E-state index in [0.29, 0.717) is 0 Å². The van der Waals surface area contributed by atoms with Gasteiger partial charge >= 0.3 is 0 Å². The van der Waals surface area contributed by atoms with Crippen LogP contribution in [-0.4, -0.2) is 5.78 Å². The molecule has 0 aliphatic heterocycles. The average molecular weight is 230 g/mol. The van der Waals surface area contributed by atoms with E-state index in [9.17, 15) is 4.79 Å². The van der Waals surface area contributed by atoms with Gasteiger partial charge < -0.3 is 0 Å². The van der Waals surface area contributed by atoms with Gasteiger partial charge in [0.05, 0.1) is 0 Å². The van der Waals surface area contributed by atoms with Crippen LogP contribution in [0.2, 0.25) is 0 Å². The molecule has 0 saturated heterocycles. The highest BCUT2D eigenvalue weighted by atomic mass is 16.1. The Kier molecular flexibility index (Phi) is 3.92. The van der Waals surface area contributed by atoms with Crippen molar-refractivity contribution in [1.82, 2.24) is 0 Å². The summed E-state index contributed by atoms with van der Waals surface area (Å²) in [6, 6.07) is 4.12. The molecule has 1 rings (SSSR count). The van der Waals surface area contributed by atoms with Gasteiger partial charge in [0.2, 0.25) is 0 Å². The van der Waals surface area contributed by atoms with Crippen molar-refractivity contribution in [2.24, 2.45) is 5.41 Å². The average Bonchev–Trinajstić information content (AvgIpc) is 2.11. The van der Waals surface area contributed by atoms with Crippen molar-refractivity contribution >= 4 is 5.78 Å². The van der Waals surface area contributed by atoms with Gasteiger partial charge in [-0.1, -0.05) is 44.5 Å². The molecule has 0 bridgehead atoms. The molecule has 0 radical (unpaired) electrons. The SMILES string of the molecule is Cc1cc(C)c(C(=O)/C=C/C(C)(C)C)c(C)c1. The van der Waals surface area contributed by atoms with Crippen LogP contribution in [0.1, 0.15) is 47.8 Å². The van der Waals surface area contributed by atoms with Crippen LogP contribution in [0.15, 0.2) is 24.3 Å². The maximum Gasteiger partial charge on any atom is 0.186 e. The zero-order chi connectivity index (χ0) is 13.2. The number of rotatable bonds is 2. The lowest BCUT2D eigenvalue weighted by Crippen LogP contribution is -2.05. The number of ketones is 1. The summed E-state index contributed by atoms with van der Waals surface area (Å²) in [4.78, 5) is 12.2. The van der Waals surface area contributed by atoms with Crippen molar-refractivity contribution in [1.29, 1.82) is 0 Å². The fourth-order valence-electron chi connectivity index (χ4n) is 1.98. The lowest BCUT2D eigenvalue weighted by Gasteiger charge is -2.12. The van der Waals surface area contributed by atoms with Crippen molar-refractivity contribution in [3.8, 4) is 0 Å². The predicted octanol–water partition coefficient (Wildman–Crippen LogP) is 4.40. The molecular weight excluding hydrogens is 208 g/mol. The molecular formula is C16H22O. The Bertz CT molecular complexity index is 436. The third kappa shape index (κ3) is 3.85. The molecule has 0 amide bonds. The quantitative estimate of drug-likeness (QED) is 0.543. The van der Waals surface area contributed by atoms with Gasteiger partial charge in [-0.05, 0) is 43.4 Å². The molecule has 1 aromatic carbocycles. The summed E-state index contributed by atoms with van der Waals surface area (Å²) >= 11 is 0. The van der Waals surface area contributed by atoms with Gasteiger partial charge in [-0.3, -0.25) is 4.79 Å². The minimum Gasteiger partial charge on any atom is -0.289 e. The van der Waals surface area contributed by atoms with Crippen LogP contribution in [0, 0.1) is 26.2 Å². The fraction of sp³-hybridized carbons (Fsp3) is 0.438. The van der Waals surface area contributed by atoms with Gasteiger partial charge in [-0.25, -0.2) is 0 Å². The van der Waals surface area contributed by atoms with Crippen LogP contribution in [0.5, 0.6) is 0 Å². The largest absolute Gasteiger partial charge is 0.289 e. The van der Waals surface area contributed by atoms with Crippen molar-refractivity contribution < 1.29 is 4.79 Å². The molecule has 1 nitrogen and oxygen atoms in total. The Balaban J connectivity index is 3.10. The topological polar surface area (TPSA) is 17.1 Å². The smallest absolute Gasteiger partial charge is 0.186 e. The lowest BCUT2D eigenvalue weighted by atomic mass is 9.92. The zero-order valence-electron chi connectivity index (χ0n) is 11.7. The Morgan fingerprint density at radius 2 is 1.53 bits per heavy atom. The molecule has 1 heteroatoms. The fourth-order valence-corrected chi connectivity index (χ4v) is 1.98. The number of carbonyl (C=O) groups excluding carboxylic acids is 1. The van der Waals surface area contributed by atoms with Crippen molar-refractivity contribution in [3.05, 3.63) is 46.5 Å². The first-order valence-corrected chi connectivity index (χ1v) is 6.02. The van der Waals surface area contributed by atoms with Gasteiger partial charge in [0.15, 0.2) is 5.78 Å². The summed E-state index contributed by atoms with van der Waals surface area (Å²) in [5, 5.41) is 0. The standard InChI is InChI=1S/C16H22O/c1-11-9-12(2)15(13(3)10-11)14(17)7-8-16(4,5)6/h7-10H,1-6H3/b8-7+. The molecule has 0 spiro atoms. The third-order valence-electron chi connectivity index (χ3n) is 2.66. The van der Waals surface area contributed by atoms with Gasteiger partial charge in [-0.15, -0.1) is 0 Å². The van der Waals surface area contributed by atoms with Gasteiger partial charge in [0.1, 0.15) is 0 Å². The summed E-state index contributed by atoms with van der Waals surface area (Å²) < 4.78 is 0. The Morgan fingerprint density at radius 1 is 1.06 bits per heavy atom. The first-order valence-electron chi connectivity index (χ1n) is 6.02. The summed E-state index contributed by atoms with van der Waals surface area (Å²) in [7, 11) is 0. The zero-order valence-corrected chi connectivity index (χ0v) is 11.7. The maximum atomic E-state index is 12.2. The first-order chi connectivity index (χ1) is 7.70. The molecule has 92 valence electrons. The number of aryl methyl sites for hydroxylation is 3. The van der Waals surface area contributed by atoms with E-state index >= 15 is 0 Å². The van der Waals surface area contributed by atoms with E-state index in [4.69, 9.17) is 0 Å². The Labute approximate surface area is 105 Å². The van der Waals surface area contributed by atoms with E-state index < -0.39 is 0 Å². The first kappa shape index (κ1) is 13.7. The van der Waals surface area contributed by atoms with E-state index in [1.165, 1.54) is 5.56 Å². The van der Waals surface area contributed by atoms with E-state index in [2.05, 4.69) is 39.8 Å². The number of benzene rings is 1. The molecule has 0 aliphatic carbocycles. The van der Waals surface area contributed by atoms with Crippen LogP contribution in [-0.2, 0) is 0 Å². The van der Waals surface area contributed by atoms with E-state index in [-0.39, 0.29) is 11.2 Å². The summed E-state index contributed by atoms with van der Waals surface area (Å²) in [6.07, 6.45) is 3.67. The van der Waals surface area contributed by atoms with Crippen molar-refractivity contribution in [3.63, 3.8) is 0 Å². The van der Waals surface area contributed by atoms with Crippen LogP contribution in [0.4, 0.5) is 0 Å². The molecule has 0 aromatic heterocycles. The number of hydrogen-bond donors (Lipinski definition) is 0. The van der Waals surface area contributed by atoms with E-state index in [0.717, 1.165) is 16.7 Å². The molecule has 0 atom stereocenters. The second kappa shape index (κ2) is 4.87. The Morgan fingerprint density at radius 3 is 1.94 bits per heavy atom. The molecule has 0 fully saturated rings. The summed E-state index contributed by atoms with van der Waals surface area (Å²) in [6.45, 7) is 12.3. The number of carbonyl (C=O) groups is 1. The Hall–Kier alpha value is -1.37. The van der Waals surface area contributed by atoms with Gasteiger partial charge in [-0.2, -0.15) is 0 Å². The summed E-state index contributed by atoms with van der Waals surface area (Å²) in [5.74, 6) is 0.106. The summed E-state index contributed by atoms with van der Waals surface area (Å²) in [5.41, 5.74) is 4.21. The monoisotopic (exact) mass is 230 g/mol. The minimum atomic E-state index is 0.0438. The highest BCUT2D eigenvalue weighted by Gasteiger charge is 2.11. The molecule has 0 unspecified atom stereocenters. The predicted molar refractivity (Wildman–Crippen MR) is 73.6 cm³/mol. The van der Waals surface area contributed by atoms with Crippen molar-refractivity contribution in [2.45, 2.75) is 41.5 Å². The van der Waals surface area contributed by atoms with Crippen LogP contribution in [0.25, 0.3) is 0 Å². The molecule has 0 saturated carbocycles. The maximum absolute atomic E-state index is 12.2. The third-order valence-corrected chi connectivity index (χ3v) is 2.66. The highest BCUT2D eigenvalue weighted by molar-refractivity contribution is 6.06. The molecule has 17 heavy (non-hydrogen) atoms. The molecule has 0 N–H and O–H groups in total. The molecule has 1 aromatic rings. The highest BCUT2D eigenvalue weighted by Crippen LogP contribution is 2.19. The number of hydrogen-bond acceptors (Lipinski definition) is 1. The van der Waals surface area contributed by atoms with Gasteiger partial charge in [0.25, 0.3) is 0 Å².